The van der Waals surface area contributed by atoms with Crippen LogP contribution in [0.15, 0.2) is 139 Å². The zero-order valence-electron chi connectivity index (χ0n) is 41.0. The molecule has 0 saturated carbocycles. The number of hydrogen-bond acceptors (Lipinski definition) is 2. The Morgan fingerprint density at radius 3 is 1.32 bits per heavy atom. The Morgan fingerprint density at radius 1 is 0.431 bits per heavy atom. The van der Waals surface area contributed by atoms with Crippen molar-refractivity contribution in [2.24, 2.45) is 0 Å². The van der Waals surface area contributed by atoms with Crippen LogP contribution in [0.5, 0.6) is 0 Å². The zero-order valence-corrected chi connectivity index (χ0v) is 41.0. The molecule has 2 heteroatoms. The van der Waals surface area contributed by atoms with Crippen LogP contribution in [0.2, 0.25) is 0 Å². The van der Waals surface area contributed by atoms with E-state index in [0.717, 1.165) is 57.8 Å². The highest BCUT2D eigenvalue weighted by atomic mass is 15.2. The highest BCUT2D eigenvalue weighted by Crippen LogP contribution is 2.54. The van der Waals surface area contributed by atoms with Crippen LogP contribution in [0.3, 0.4) is 0 Å². The van der Waals surface area contributed by atoms with Gasteiger partial charge >= 0.3 is 0 Å². The van der Waals surface area contributed by atoms with Crippen molar-refractivity contribution in [1.29, 1.82) is 0 Å². The summed E-state index contributed by atoms with van der Waals surface area (Å²) in [6.07, 6.45) is 14.4. The van der Waals surface area contributed by atoms with E-state index in [9.17, 15) is 0 Å². The largest absolute Gasteiger partial charge is 0.334 e. The molecule has 0 amide bonds. The van der Waals surface area contributed by atoms with E-state index in [1.54, 1.807) is 5.57 Å². The first-order chi connectivity index (χ1) is 31.6. The number of anilines is 5. The molecule has 9 rings (SSSR count). The summed E-state index contributed by atoms with van der Waals surface area (Å²) in [4.78, 5) is 5.12. The molecule has 0 saturated heterocycles. The number of fused-ring (bicyclic) bond motifs is 7. The quantitative estimate of drug-likeness (QED) is 0.108. The van der Waals surface area contributed by atoms with Gasteiger partial charge in [0.15, 0.2) is 0 Å². The predicted octanol–water partition coefficient (Wildman–Crippen LogP) is 17.7. The van der Waals surface area contributed by atoms with Crippen LogP contribution in [0.4, 0.5) is 28.4 Å². The van der Waals surface area contributed by atoms with Gasteiger partial charge in [0.1, 0.15) is 0 Å². The summed E-state index contributed by atoms with van der Waals surface area (Å²) in [7, 11) is 0. The monoisotopic (exact) mass is 855 g/mol. The summed E-state index contributed by atoms with van der Waals surface area (Å²) in [5, 5.41) is 5.28. The second kappa shape index (κ2) is 18.2. The molecule has 2 nitrogen and oxygen atoms in total. The molecule has 0 spiro atoms. The Balaban J connectivity index is 1.14. The molecule has 0 N–H and O–H groups in total. The third-order valence-corrected chi connectivity index (χ3v) is 15.3. The van der Waals surface area contributed by atoms with E-state index in [1.165, 1.54) is 111 Å². The molecule has 0 aliphatic heterocycles. The summed E-state index contributed by atoms with van der Waals surface area (Å²) >= 11 is 0. The van der Waals surface area contributed by atoms with Crippen molar-refractivity contribution in [1.82, 2.24) is 0 Å². The van der Waals surface area contributed by atoms with Crippen molar-refractivity contribution in [2.75, 3.05) is 9.80 Å². The molecule has 1 atom stereocenters. The first-order valence-corrected chi connectivity index (χ1v) is 25.1. The van der Waals surface area contributed by atoms with Crippen LogP contribution in [0, 0.1) is 0 Å². The fraction of sp³-hybridized carbons (Fsp3) is 0.333. The van der Waals surface area contributed by atoms with E-state index < -0.39 is 0 Å². The fourth-order valence-corrected chi connectivity index (χ4v) is 11.8. The number of benzene rings is 7. The highest BCUT2D eigenvalue weighted by Gasteiger charge is 2.38. The molecule has 1 unspecified atom stereocenters. The topological polar surface area (TPSA) is 6.48 Å². The van der Waals surface area contributed by atoms with Crippen LogP contribution >= 0.6 is 0 Å². The van der Waals surface area contributed by atoms with E-state index in [0.29, 0.717) is 0 Å². The Morgan fingerprint density at radius 2 is 0.846 bits per heavy atom. The first kappa shape index (κ1) is 44.3. The molecule has 65 heavy (non-hydrogen) atoms. The Kier molecular flexibility index (Phi) is 12.4. The van der Waals surface area contributed by atoms with E-state index >= 15 is 0 Å². The summed E-state index contributed by atoms with van der Waals surface area (Å²) < 4.78 is 0. The average Bonchev–Trinajstić information content (AvgIpc) is 3.59. The molecule has 0 radical (unpaired) electrons. The van der Waals surface area contributed by atoms with Crippen molar-refractivity contribution in [2.45, 2.75) is 138 Å². The van der Waals surface area contributed by atoms with E-state index in [1.807, 2.05) is 0 Å². The fourth-order valence-electron chi connectivity index (χ4n) is 11.8. The molecule has 2 aliphatic rings. The third-order valence-electron chi connectivity index (χ3n) is 15.3. The van der Waals surface area contributed by atoms with E-state index in [-0.39, 0.29) is 11.5 Å². The number of nitrogens with zero attached hydrogens (tertiary/aromatic N) is 2. The van der Waals surface area contributed by atoms with E-state index in [2.05, 4.69) is 206 Å². The molecule has 332 valence electrons. The molecular weight excluding hydrogens is 785 g/mol. The lowest BCUT2D eigenvalue weighted by molar-refractivity contribution is 0.672. The normalized spacial score (nSPS) is 15.2. The van der Waals surface area contributed by atoms with Crippen molar-refractivity contribution in [3.8, 4) is 11.1 Å². The van der Waals surface area contributed by atoms with Gasteiger partial charge in [0.2, 0.25) is 0 Å². The third kappa shape index (κ3) is 7.71. The lowest BCUT2D eigenvalue weighted by Gasteiger charge is -2.36. The van der Waals surface area contributed by atoms with Crippen molar-refractivity contribution in [3.63, 3.8) is 0 Å². The second-order valence-corrected chi connectivity index (χ2v) is 19.1. The maximum absolute atomic E-state index is 2.63. The van der Waals surface area contributed by atoms with Gasteiger partial charge < -0.3 is 9.80 Å². The molecule has 0 aromatic heterocycles. The molecule has 0 bridgehead atoms. The Bertz CT molecular complexity index is 2940. The van der Waals surface area contributed by atoms with Gasteiger partial charge in [-0.25, -0.2) is 0 Å². The number of aryl methyl sites for hydroxylation is 6. The lowest BCUT2D eigenvalue weighted by Crippen LogP contribution is -2.31. The molecule has 0 fully saturated rings. The minimum absolute atomic E-state index is 0.195. The van der Waals surface area contributed by atoms with Gasteiger partial charge in [-0.1, -0.05) is 142 Å². The molecule has 2 aliphatic carbocycles. The molecule has 0 heterocycles. The minimum atomic E-state index is -0.195. The first-order valence-electron chi connectivity index (χ1n) is 25.1. The van der Waals surface area contributed by atoms with Crippen LogP contribution < -0.4 is 9.80 Å². The van der Waals surface area contributed by atoms with Crippen LogP contribution in [-0.2, 0) is 43.9 Å². The van der Waals surface area contributed by atoms with Gasteiger partial charge in [-0.05, 0) is 201 Å². The van der Waals surface area contributed by atoms with Crippen molar-refractivity contribution in [3.05, 3.63) is 183 Å². The number of rotatable bonds is 14. The van der Waals surface area contributed by atoms with Gasteiger partial charge in [0, 0.05) is 33.9 Å². The standard InChI is InChI=1S/C63H70N2/c1-11-41-19-25-51(35-45(41)15-5)64(52-26-20-42(12-2)46(16-6)36-52)55-29-33-57-49(39-55)23-31-59-60-32-24-50-40-56(30-34-58(50)62(60)63(9,10)61(57)59)65(53-27-21-43(13-3)47(17-7)37-53)54-28-22-44(14-4)48(18-8)38-54/h19-37,39-40,54H,11-18,38H2,1-10H3. The maximum atomic E-state index is 2.63. The maximum Gasteiger partial charge on any atom is 0.0562 e. The summed E-state index contributed by atoms with van der Waals surface area (Å²) in [5.74, 6) is 0. The van der Waals surface area contributed by atoms with Crippen LogP contribution in [-0.4, -0.2) is 6.04 Å². The zero-order chi connectivity index (χ0) is 45.6. The van der Waals surface area contributed by atoms with Gasteiger partial charge in [0.05, 0.1) is 6.04 Å². The Labute approximate surface area is 390 Å². The number of hydrogen-bond donors (Lipinski definition) is 0. The van der Waals surface area contributed by atoms with Crippen molar-refractivity contribution >= 4 is 50.0 Å². The van der Waals surface area contributed by atoms with Gasteiger partial charge in [0.25, 0.3) is 0 Å². The van der Waals surface area contributed by atoms with Crippen molar-refractivity contribution < 1.29 is 0 Å². The average molecular weight is 855 g/mol. The van der Waals surface area contributed by atoms with Gasteiger partial charge in [-0.15, -0.1) is 0 Å². The molecular formula is C63H70N2. The minimum Gasteiger partial charge on any atom is -0.334 e. The van der Waals surface area contributed by atoms with Gasteiger partial charge in [-0.3, -0.25) is 0 Å². The smallest absolute Gasteiger partial charge is 0.0562 e. The van der Waals surface area contributed by atoms with Crippen LogP contribution in [0.25, 0.3) is 32.7 Å². The molecule has 7 aromatic carbocycles. The predicted molar refractivity (Wildman–Crippen MR) is 284 cm³/mol. The highest BCUT2D eigenvalue weighted by molar-refractivity contribution is 6.05. The molecule has 7 aromatic rings. The van der Waals surface area contributed by atoms with Gasteiger partial charge in [-0.2, -0.15) is 0 Å². The number of allylic oxidation sites excluding steroid dienone is 2. The summed E-state index contributed by atoms with van der Waals surface area (Å²) in [6.45, 7) is 23.2. The lowest BCUT2D eigenvalue weighted by atomic mass is 9.78. The van der Waals surface area contributed by atoms with Crippen LogP contribution in [0.1, 0.15) is 133 Å². The summed E-state index contributed by atoms with van der Waals surface area (Å²) in [5.41, 5.74) is 23.3. The Hall–Kier alpha value is -5.86. The summed E-state index contributed by atoms with van der Waals surface area (Å²) in [6, 6.07) is 45.8. The second-order valence-electron chi connectivity index (χ2n) is 19.1. The SMILES string of the molecule is CCC1=C(CC)CC(N(c2ccc(CC)c(CC)c2)c2ccc3c4c(ccc3c2)-c2ccc3cc(N(c5ccc(CC)c(CC)c5)c5ccc(CC)c(CC)c5)ccc3c2C4(C)C)C=C1. The van der Waals surface area contributed by atoms with E-state index in [4.69, 9.17) is 0 Å².